The number of methoxy groups -OCH3 is 2. The summed E-state index contributed by atoms with van der Waals surface area (Å²) in [5.41, 5.74) is 9.09. The molecule has 0 aliphatic heterocycles. The Kier molecular flexibility index (Phi) is 3.60. The van der Waals surface area contributed by atoms with E-state index in [0.717, 1.165) is 11.1 Å². The SMILES string of the molecule is COc1ccc(-c2nc3cc(CO)ccn3c2N)c(OC)c1. The molecule has 1 aromatic carbocycles. The number of imidazole rings is 1. The average Bonchev–Trinajstić information content (AvgIpc) is 2.90. The van der Waals surface area contributed by atoms with Crippen molar-refractivity contribution in [3.05, 3.63) is 42.1 Å². The van der Waals surface area contributed by atoms with Crippen LogP contribution in [-0.2, 0) is 6.61 Å². The quantitative estimate of drug-likeness (QED) is 0.771. The second kappa shape index (κ2) is 5.57. The number of ether oxygens (including phenoxy) is 2. The molecule has 6 nitrogen and oxygen atoms in total. The molecule has 2 heterocycles. The second-order valence-electron chi connectivity index (χ2n) is 4.83. The molecule has 0 atom stereocenters. The zero-order valence-corrected chi connectivity index (χ0v) is 12.4. The standard InChI is InChI=1S/C16H17N3O3/c1-21-11-3-4-12(13(8-11)22-2)15-16(17)19-6-5-10(9-20)7-14(19)18-15/h3-8,20H,9,17H2,1-2H3. The number of aliphatic hydroxyl groups excluding tert-OH is 1. The van der Waals surface area contributed by atoms with Crippen LogP contribution in [0, 0.1) is 0 Å². The Hall–Kier alpha value is -2.73. The first-order valence-electron chi connectivity index (χ1n) is 6.77. The summed E-state index contributed by atoms with van der Waals surface area (Å²) in [4.78, 5) is 4.56. The second-order valence-corrected chi connectivity index (χ2v) is 4.83. The number of benzene rings is 1. The van der Waals surface area contributed by atoms with Crippen molar-refractivity contribution in [2.75, 3.05) is 20.0 Å². The number of hydrogen-bond donors (Lipinski definition) is 2. The maximum absolute atomic E-state index is 9.23. The third-order valence-electron chi connectivity index (χ3n) is 3.57. The van der Waals surface area contributed by atoms with Crippen molar-refractivity contribution in [1.82, 2.24) is 9.38 Å². The van der Waals surface area contributed by atoms with Crippen molar-refractivity contribution >= 4 is 11.5 Å². The number of nitrogens with two attached hydrogens (primary N) is 1. The molecule has 0 saturated heterocycles. The van der Waals surface area contributed by atoms with Crippen molar-refractivity contribution in [3.63, 3.8) is 0 Å². The van der Waals surface area contributed by atoms with Crippen LogP contribution in [0.3, 0.4) is 0 Å². The van der Waals surface area contributed by atoms with E-state index < -0.39 is 0 Å². The number of aromatic nitrogens is 2. The maximum Gasteiger partial charge on any atom is 0.139 e. The Labute approximate surface area is 127 Å². The van der Waals surface area contributed by atoms with Gasteiger partial charge in [0.15, 0.2) is 0 Å². The van der Waals surface area contributed by atoms with Gasteiger partial charge in [0, 0.05) is 17.8 Å². The Morgan fingerprint density at radius 3 is 2.68 bits per heavy atom. The summed E-state index contributed by atoms with van der Waals surface area (Å²) in [6, 6.07) is 9.09. The Bertz CT molecular complexity index is 827. The largest absolute Gasteiger partial charge is 0.497 e. The van der Waals surface area contributed by atoms with Gasteiger partial charge in [0.05, 0.1) is 20.8 Å². The highest BCUT2D eigenvalue weighted by atomic mass is 16.5. The third-order valence-corrected chi connectivity index (χ3v) is 3.57. The summed E-state index contributed by atoms with van der Waals surface area (Å²) in [7, 11) is 3.19. The molecule has 0 aliphatic carbocycles. The van der Waals surface area contributed by atoms with E-state index >= 15 is 0 Å². The van der Waals surface area contributed by atoms with Gasteiger partial charge in [-0.3, -0.25) is 4.40 Å². The number of pyridine rings is 1. The van der Waals surface area contributed by atoms with Gasteiger partial charge in [-0.1, -0.05) is 0 Å². The fraction of sp³-hybridized carbons (Fsp3) is 0.188. The average molecular weight is 299 g/mol. The normalized spacial score (nSPS) is 10.9. The summed E-state index contributed by atoms with van der Waals surface area (Å²) in [6.07, 6.45) is 1.79. The van der Waals surface area contributed by atoms with Crippen LogP contribution < -0.4 is 15.2 Å². The molecule has 22 heavy (non-hydrogen) atoms. The first kappa shape index (κ1) is 14.2. The van der Waals surface area contributed by atoms with E-state index in [0.29, 0.717) is 28.7 Å². The van der Waals surface area contributed by atoms with Crippen LogP contribution in [0.2, 0.25) is 0 Å². The smallest absolute Gasteiger partial charge is 0.139 e. The van der Waals surface area contributed by atoms with Crippen LogP contribution in [0.1, 0.15) is 5.56 Å². The van der Waals surface area contributed by atoms with Gasteiger partial charge in [0.2, 0.25) is 0 Å². The predicted octanol–water partition coefficient (Wildman–Crippen LogP) is 2.09. The van der Waals surface area contributed by atoms with Crippen molar-refractivity contribution in [2.45, 2.75) is 6.61 Å². The van der Waals surface area contributed by atoms with E-state index in [4.69, 9.17) is 15.2 Å². The molecule has 0 bridgehead atoms. The number of anilines is 1. The van der Waals surface area contributed by atoms with Crippen LogP contribution in [0.15, 0.2) is 36.5 Å². The molecule has 0 saturated carbocycles. The van der Waals surface area contributed by atoms with E-state index in [1.807, 2.05) is 12.1 Å². The maximum atomic E-state index is 9.23. The van der Waals surface area contributed by atoms with Gasteiger partial charge in [-0.2, -0.15) is 0 Å². The molecule has 0 amide bonds. The molecular weight excluding hydrogens is 282 g/mol. The number of fused-ring (bicyclic) bond motifs is 1. The van der Waals surface area contributed by atoms with Crippen LogP contribution >= 0.6 is 0 Å². The highest BCUT2D eigenvalue weighted by Gasteiger charge is 2.16. The molecule has 0 radical (unpaired) electrons. The van der Waals surface area contributed by atoms with Gasteiger partial charge in [0.1, 0.15) is 28.7 Å². The highest BCUT2D eigenvalue weighted by molar-refractivity contribution is 5.79. The summed E-state index contributed by atoms with van der Waals surface area (Å²) in [5.74, 6) is 1.85. The molecule has 6 heteroatoms. The monoisotopic (exact) mass is 299 g/mol. The number of hydrogen-bond acceptors (Lipinski definition) is 5. The summed E-state index contributed by atoms with van der Waals surface area (Å²) >= 11 is 0. The molecular formula is C16H17N3O3. The summed E-state index contributed by atoms with van der Waals surface area (Å²) in [5, 5.41) is 9.23. The zero-order valence-electron chi connectivity index (χ0n) is 12.4. The van der Waals surface area contributed by atoms with Gasteiger partial charge in [-0.05, 0) is 29.8 Å². The molecule has 2 aromatic heterocycles. The van der Waals surface area contributed by atoms with E-state index in [9.17, 15) is 5.11 Å². The molecule has 3 rings (SSSR count). The fourth-order valence-electron chi connectivity index (χ4n) is 2.40. The Balaban J connectivity index is 2.19. The summed E-state index contributed by atoms with van der Waals surface area (Å²) in [6.45, 7) is -0.0372. The van der Waals surface area contributed by atoms with Gasteiger partial charge in [-0.15, -0.1) is 0 Å². The molecule has 114 valence electrons. The van der Waals surface area contributed by atoms with Crippen LogP contribution in [0.25, 0.3) is 16.9 Å². The first-order valence-corrected chi connectivity index (χ1v) is 6.77. The predicted molar refractivity (Wildman–Crippen MR) is 84.1 cm³/mol. The molecule has 0 unspecified atom stereocenters. The van der Waals surface area contributed by atoms with Crippen molar-refractivity contribution < 1.29 is 14.6 Å². The third kappa shape index (κ3) is 2.23. The molecule has 0 fully saturated rings. The number of aliphatic hydroxyl groups is 1. The van der Waals surface area contributed by atoms with Crippen LogP contribution in [0.4, 0.5) is 5.82 Å². The lowest BCUT2D eigenvalue weighted by Crippen LogP contribution is -1.96. The van der Waals surface area contributed by atoms with E-state index in [1.165, 1.54) is 0 Å². The minimum atomic E-state index is -0.0372. The first-order chi connectivity index (χ1) is 10.7. The van der Waals surface area contributed by atoms with Crippen LogP contribution in [0.5, 0.6) is 11.5 Å². The van der Waals surface area contributed by atoms with Crippen molar-refractivity contribution in [2.24, 2.45) is 0 Å². The lowest BCUT2D eigenvalue weighted by atomic mass is 10.1. The number of nitrogen functional groups attached to an aromatic ring is 1. The topological polar surface area (TPSA) is 82.0 Å². The minimum Gasteiger partial charge on any atom is -0.497 e. The van der Waals surface area contributed by atoms with Crippen molar-refractivity contribution in [3.8, 4) is 22.8 Å². The number of rotatable bonds is 4. The van der Waals surface area contributed by atoms with Gasteiger partial charge in [0.25, 0.3) is 0 Å². The Morgan fingerprint density at radius 2 is 2.00 bits per heavy atom. The molecule has 0 spiro atoms. The lowest BCUT2D eigenvalue weighted by Gasteiger charge is -2.09. The molecule has 3 aromatic rings. The fourth-order valence-corrected chi connectivity index (χ4v) is 2.40. The van der Waals surface area contributed by atoms with Gasteiger partial charge in [-0.25, -0.2) is 4.98 Å². The minimum absolute atomic E-state index is 0.0372. The lowest BCUT2D eigenvalue weighted by molar-refractivity contribution is 0.282. The van der Waals surface area contributed by atoms with E-state index in [2.05, 4.69) is 4.98 Å². The van der Waals surface area contributed by atoms with Gasteiger partial charge >= 0.3 is 0 Å². The number of nitrogens with zero attached hydrogens (tertiary/aromatic N) is 2. The molecule has 0 aliphatic rings. The highest BCUT2D eigenvalue weighted by Crippen LogP contribution is 2.36. The van der Waals surface area contributed by atoms with Crippen molar-refractivity contribution in [1.29, 1.82) is 0 Å². The summed E-state index contributed by atoms with van der Waals surface area (Å²) < 4.78 is 12.4. The van der Waals surface area contributed by atoms with E-state index in [1.54, 1.807) is 43.0 Å². The zero-order chi connectivity index (χ0) is 15.7. The van der Waals surface area contributed by atoms with E-state index in [-0.39, 0.29) is 6.61 Å². The van der Waals surface area contributed by atoms with Crippen LogP contribution in [-0.4, -0.2) is 28.7 Å². The van der Waals surface area contributed by atoms with Gasteiger partial charge < -0.3 is 20.3 Å². The Morgan fingerprint density at radius 1 is 1.18 bits per heavy atom. The molecule has 3 N–H and O–H groups in total.